The highest BCUT2D eigenvalue weighted by Crippen LogP contribution is 2.32. The van der Waals surface area contributed by atoms with Crippen LogP contribution in [-0.2, 0) is 6.42 Å². The number of aromatic amines is 1. The average molecular weight is 374 g/mol. The van der Waals surface area contributed by atoms with Crippen LogP contribution in [0.1, 0.15) is 40.5 Å². The van der Waals surface area contributed by atoms with E-state index in [2.05, 4.69) is 15.4 Å². The standard InChI is InChI=1S/C22H19FN4O/c23-17-4-1-2-6-21(17)27-20-7-3-5-19(16(20)13-25-27)26-22(28)15-8-9-18-14(12-15)10-11-24-18/h1-2,4,6,8-13,19,24H,3,5,7H2,(H,26,28). The van der Waals surface area contributed by atoms with Crippen LogP contribution in [0.15, 0.2) is 60.9 Å². The first-order chi connectivity index (χ1) is 13.7. The van der Waals surface area contributed by atoms with Crippen LogP contribution in [0.5, 0.6) is 0 Å². The number of fused-ring (bicyclic) bond motifs is 2. The van der Waals surface area contributed by atoms with Gasteiger partial charge in [0.25, 0.3) is 5.91 Å². The maximum absolute atomic E-state index is 14.2. The topological polar surface area (TPSA) is 62.7 Å². The Morgan fingerprint density at radius 1 is 1.21 bits per heavy atom. The zero-order valence-corrected chi connectivity index (χ0v) is 15.2. The van der Waals surface area contributed by atoms with E-state index >= 15 is 0 Å². The van der Waals surface area contributed by atoms with Crippen LogP contribution in [-0.4, -0.2) is 20.7 Å². The molecule has 5 rings (SSSR count). The number of nitrogens with zero attached hydrogens (tertiary/aromatic N) is 2. The third-order valence-electron chi connectivity index (χ3n) is 5.38. The van der Waals surface area contributed by atoms with E-state index in [0.717, 1.165) is 41.4 Å². The molecule has 28 heavy (non-hydrogen) atoms. The number of benzene rings is 2. The molecule has 2 N–H and O–H groups in total. The molecule has 0 saturated carbocycles. The second kappa shape index (κ2) is 6.64. The van der Waals surface area contributed by atoms with Gasteiger partial charge in [0.2, 0.25) is 0 Å². The van der Waals surface area contributed by atoms with Gasteiger partial charge >= 0.3 is 0 Å². The van der Waals surface area contributed by atoms with Crippen molar-refractivity contribution in [1.29, 1.82) is 0 Å². The van der Waals surface area contributed by atoms with E-state index in [9.17, 15) is 9.18 Å². The predicted molar refractivity (Wildman–Crippen MR) is 105 cm³/mol. The minimum Gasteiger partial charge on any atom is -0.361 e. The summed E-state index contributed by atoms with van der Waals surface area (Å²) in [6.45, 7) is 0. The van der Waals surface area contributed by atoms with Crippen LogP contribution < -0.4 is 5.32 Å². The molecule has 5 nitrogen and oxygen atoms in total. The summed E-state index contributed by atoms with van der Waals surface area (Å²) in [5, 5.41) is 8.55. The molecule has 0 fully saturated rings. The number of hydrogen-bond acceptors (Lipinski definition) is 2. The zero-order chi connectivity index (χ0) is 19.1. The molecule has 6 heteroatoms. The molecule has 2 heterocycles. The molecule has 0 aliphatic heterocycles. The molecular formula is C22H19FN4O. The average Bonchev–Trinajstić information content (AvgIpc) is 3.35. The number of amides is 1. The van der Waals surface area contributed by atoms with Crippen molar-refractivity contribution in [3.05, 3.63) is 83.6 Å². The number of para-hydroxylation sites is 1. The number of halogens is 1. The summed E-state index contributed by atoms with van der Waals surface area (Å²) in [5.74, 6) is -0.418. The summed E-state index contributed by atoms with van der Waals surface area (Å²) in [7, 11) is 0. The van der Waals surface area contributed by atoms with Gasteiger partial charge in [-0.25, -0.2) is 9.07 Å². The summed E-state index contributed by atoms with van der Waals surface area (Å²) in [5.41, 5.74) is 3.99. The van der Waals surface area contributed by atoms with E-state index in [0.29, 0.717) is 11.3 Å². The smallest absolute Gasteiger partial charge is 0.251 e. The van der Waals surface area contributed by atoms with Crippen LogP contribution in [0.4, 0.5) is 4.39 Å². The van der Waals surface area contributed by atoms with Gasteiger partial charge < -0.3 is 10.3 Å². The molecule has 140 valence electrons. The second-order valence-electron chi connectivity index (χ2n) is 7.11. The number of H-pyrrole nitrogens is 1. The highest BCUT2D eigenvalue weighted by molar-refractivity contribution is 5.98. The molecule has 0 spiro atoms. The quantitative estimate of drug-likeness (QED) is 0.562. The minimum atomic E-state index is -0.306. The Balaban J connectivity index is 1.44. The maximum Gasteiger partial charge on any atom is 0.251 e. The van der Waals surface area contributed by atoms with Gasteiger partial charge in [-0.1, -0.05) is 12.1 Å². The van der Waals surface area contributed by atoms with Gasteiger partial charge in [-0.2, -0.15) is 5.10 Å². The molecule has 0 radical (unpaired) electrons. The zero-order valence-electron chi connectivity index (χ0n) is 15.2. The van der Waals surface area contributed by atoms with Crippen molar-refractivity contribution in [1.82, 2.24) is 20.1 Å². The molecule has 1 aliphatic carbocycles. The summed E-state index contributed by atoms with van der Waals surface area (Å²) < 4.78 is 15.9. The van der Waals surface area contributed by atoms with Crippen molar-refractivity contribution in [2.45, 2.75) is 25.3 Å². The van der Waals surface area contributed by atoms with Gasteiger partial charge in [-0.3, -0.25) is 4.79 Å². The molecule has 0 bridgehead atoms. The van der Waals surface area contributed by atoms with Crippen LogP contribution in [0.3, 0.4) is 0 Å². The van der Waals surface area contributed by atoms with Crippen molar-refractivity contribution in [3.63, 3.8) is 0 Å². The number of aromatic nitrogens is 3. The fourth-order valence-corrected chi connectivity index (χ4v) is 3.97. The summed E-state index contributed by atoms with van der Waals surface area (Å²) in [6.07, 6.45) is 6.17. The van der Waals surface area contributed by atoms with Crippen molar-refractivity contribution >= 4 is 16.8 Å². The van der Waals surface area contributed by atoms with E-state index in [1.54, 1.807) is 29.1 Å². The lowest BCUT2D eigenvalue weighted by Gasteiger charge is -2.24. The Labute approximate surface area is 161 Å². The van der Waals surface area contributed by atoms with Gasteiger partial charge in [0.05, 0.1) is 12.2 Å². The van der Waals surface area contributed by atoms with E-state index in [4.69, 9.17) is 0 Å². The lowest BCUT2D eigenvalue weighted by molar-refractivity contribution is 0.0933. The minimum absolute atomic E-state index is 0.111. The maximum atomic E-state index is 14.2. The Morgan fingerprint density at radius 3 is 3.00 bits per heavy atom. The number of hydrogen-bond donors (Lipinski definition) is 2. The van der Waals surface area contributed by atoms with Gasteiger partial charge in [-0.05, 0) is 55.7 Å². The molecular weight excluding hydrogens is 355 g/mol. The predicted octanol–water partition coefficient (Wildman–Crippen LogP) is 4.30. The lowest BCUT2D eigenvalue weighted by atomic mass is 9.92. The van der Waals surface area contributed by atoms with E-state index in [-0.39, 0.29) is 17.8 Å². The highest BCUT2D eigenvalue weighted by Gasteiger charge is 2.27. The number of carbonyl (C=O) groups excluding carboxylic acids is 1. The Kier molecular flexibility index (Phi) is 3.97. The molecule has 2 aromatic carbocycles. The molecule has 2 aromatic heterocycles. The third kappa shape index (κ3) is 2.78. The van der Waals surface area contributed by atoms with Gasteiger partial charge in [0.15, 0.2) is 0 Å². The molecule has 4 aromatic rings. The fourth-order valence-electron chi connectivity index (χ4n) is 3.97. The lowest BCUT2D eigenvalue weighted by Crippen LogP contribution is -2.31. The molecule has 1 aliphatic rings. The van der Waals surface area contributed by atoms with E-state index in [1.807, 2.05) is 30.5 Å². The SMILES string of the molecule is O=C(NC1CCCc2c1cnn2-c1ccccc1F)c1ccc2[nH]ccc2c1. The first-order valence-electron chi connectivity index (χ1n) is 9.40. The molecule has 1 unspecified atom stereocenters. The molecule has 1 atom stereocenters. The van der Waals surface area contributed by atoms with Crippen LogP contribution in [0.2, 0.25) is 0 Å². The molecule has 1 amide bonds. The summed E-state index contributed by atoms with van der Waals surface area (Å²) >= 11 is 0. The highest BCUT2D eigenvalue weighted by atomic mass is 19.1. The monoisotopic (exact) mass is 374 g/mol. The van der Waals surface area contributed by atoms with Crippen molar-refractivity contribution in [2.24, 2.45) is 0 Å². The van der Waals surface area contributed by atoms with E-state index in [1.165, 1.54) is 6.07 Å². The number of rotatable bonds is 3. The number of nitrogens with one attached hydrogen (secondary N) is 2. The van der Waals surface area contributed by atoms with Crippen LogP contribution in [0.25, 0.3) is 16.6 Å². The Bertz CT molecular complexity index is 1180. The Hall–Kier alpha value is -3.41. The van der Waals surface area contributed by atoms with Gasteiger partial charge in [0, 0.05) is 33.9 Å². The van der Waals surface area contributed by atoms with Crippen molar-refractivity contribution in [3.8, 4) is 5.69 Å². The van der Waals surface area contributed by atoms with Crippen molar-refractivity contribution < 1.29 is 9.18 Å². The van der Waals surface area contributed by atoms with E-state index < -0.39 is 0 Å². The normalized spacial score (nSPS) is 16.1. The first kappa shape index (κ1) is 16.7. The fraction of sp³-hybridized carbons (Fsp3) is 0.182. The van der Waals surface area contributed by atoms with Crippen molar-refractivity contribution in [2.75, 3.05) is 0 Å². The molecule has 0 saturated heterocycles. The summed E-state index contributed by atoms with van der Waals surface area (Å²) in [6, 6.07) is 14.0. The third-order valence-corrected chi connectivity index (χ3v) is 5.38. The Morgan fingerprint density at radius 2 is 2.11 bits per heavy atom. The van der Waals surface area contributed by atoms with Gasteiger partial charge in [0.1, 0.15) is 11.5 Å². The second-order valence-corrected chi connectivity index (χ2v) is 7.11. The van der Waals surface area contributed by atoms with Gasteiger partial charge in [-0.15, -0.1) is 0 Å². The first-order valence-corrected chi connectivity index (χ1v) is 9.40. The van der Waals surface area contributed by atoms with Crippen LogP contribution in [0, 0.1) is 5.82 Å². The largest absolute Gasteiger partial charge is 0.361 e. The summed E-state index contributed by atoms with van der Waals surface area (Å²) in [4.78, 5) is 15.9. The van der Waals surface area contributed by atoms with Crippen LogP contribution >= 0.6 is 0 Å². The number of carbonyl (C=O) groups is 1.